The Labute approximate surface area is 123 Å². The largest absolute Gasteiger partial charge is 0.383 e. The van der Waals surface area contributed by atoms with Crippen LogP contribution < -0.4 is 16.4 Å². The summed E-state index contributed by atoms with van der Waals surface area (Å²) in [6.07, 6.45) is 1.49. The summed E-state index contributed by atoms with van der Waals surface area (Å²) < 4.78 is 4.80. The third-order valence-electron chi connectivity index (χ3n) is 2.39. The van der Waals surface area contributed by atoms with Crippen molar-refractivity contribution in [3.05, 3.63) is 29.6 Å². The van der Waals surface area contributed by atoms with Crippen molar-refractivity contribution in [3.63, 3.8) is 0 Å². The van der Waals surface area contributed by atoms with Crippen LogP contribution in [0.25, 0.3) is 0 Å². The lowest BCUT2D eigenvalue weighted by Crippen LogP contribution is -2.38. The molecule has 4 N–H and O–H groups in total. The van der Waals surface area contributed by atoms with Gasteiger partial charge in [-0.2, -0.15) is 0 Å². The summed E-state index contributed by atoms with van der Waals surface area (Å²) in [5.41, 5.74) is 5.94. The molecule has 112 valence electrons. The van der Waals surface area contributed by atoms with E-state index in [0.29, 0.717) is 18.7 Å². The highest BCUT2D eigenvalue weighted by Gasteiger charge is 2.12. The van der Waals surface area contributed by atoms with Crippen LogP contribution in [0.4, 0.5) is 0 Å². The van der Waals surface area contributed by atoms with Crippen LogP contribution in [0.2, 0.25) is 0 Å². The second-order valence-corrected chi connectivity index (χ2v) is 3.93. The smallest absolute Gasteiger partial charge is 0.271 e. The molecule has 0 unspecified atom stereocenters. The molecule has 1 aromatic heterocycles. The highest BCUT2D eigenvalue weighted by molar-refractivity contribution is 5.96. The SMILES string of the molecule is COCCNC(=O)CNC(=O)c1ncccc1C#CCN. The number of amides is 2. The quantitative estimate of drug-likeness (QED) is 0.455. The molecule has 1 heterocycles. The average molecular weight is 290 g/mol. The maximum atomic E-state index is 12.0. The second kappa shape index (κ2) is 9.47. The van der Waals surface area contributed by atoms with Crippen LogP contribution >= 0.6 is 0 Å². The Bertz CT molecular complexity index is 549. The van der Waals surface area contributed by atoms with E-state index in [1.54, 1.807) is 19.2 Å². The number of nitrogens with one attached hydrogen (secondary N) is 2. The first kappa shape index (κ1) is 16.6. The van der Waals surface area contributed by atoms with Gasteiger partial charge < -0.3 is 21.1 Å². The van der Waals surface area contributed by atoms with Crippen LogP contribution in [0.3, 0.4) is 0 Å². The molecule has 0 saturated carbocycles. The number of carbonyl (C=O) groups excluding carboxylic acids is 2. The van der Waals surface area contributed by atoms with Crippen molar-refractivity contribution in [3.8, 4) is 11.8 Å². The van der Waals surface area contributed by atoms with Gasteiger partial charge in [-0.25, -0.2) is 4.98 Å². The molecule has 1 aromatic rings. The molecular weight excluding hydrogens is 272 g/mol. The topological polar surface area (TPSA) is 106 Å². The Morgan fingerprint density at radius 2 is 2.24 bits per heavy atom. The van der Waals surface area contributed by atoms with Crippen LogP contribution in [-0.4, -0.2) is 50.1 Å². The lowest BCUT2D eigenvalue weighted by molar-refractivity contribution is -0.120. The highest BCUT2D eigenvalue weighted by atomic mass is 16.5. The third kappa shape index (κ3) is 6.03. The van der Waals surface area contributed by atoms with Gasteiger partial charge in [-0.15, -0.1) is 0 Å². The predicted molar refractivity (Wildman–Crippen MR) is 77.4 cm³/mol. The first-order valence-electron chi connectivity index (χ1n) is 6.36. The van der Waals surface area contributed by atoms with Crippen LogP contribution in [0.15, 0.2) is 18.3 Å². The second-order valence-electron chi connectivity index (χ2n) is 3.93. The molecule has 0 fully saturated rings. The van der Waals surface area contributed by atoms with Crippen LogP contribution in [-0.2, 0) is 9.53 Å². The molecule has 0 atom stereocenters. The summed E-state index contributed by atoms with van der Waals surface area (Å²) in [5.74, 6) is 4.67. The fourth-order valence-electron chi connectivity index (χ4n) is 1.43. The molecule has 0 saturated heterocycles. The highest BCUT2D eigenvalue weighted by Crippen LogP contribution is 2.03. The summed E-state index contributed by atoms with van der Waals surface area (Å²) in [6.45, 7) is 0.863. The van der Waals surface area contributed by atoms with Crippen molar-refractivity contribution >= 4 is 11.8 Å². The van der Waals surface area contributed by atoms with Crippen molar-refractivity contribution in [2.75, 3.05) is 33.4 Å². The average Bonchev–Trinajstić information content (AvgIpc) is 2.51. The Kier molecular flexibility index (Phi) is 7.50. The first-order valence-corrected chi connectivity index (χ1v) is 6.36. The number of ether oxygens (including phenoxy) is 1. The van der Waals surface area contributed by atoms with Crippen molar-refractivity contribution in [1.29, 1.82) is 0 Å². The van der Waals surface area contributed by atoms with E-state index in [9.17, 15) is 9.59 Å². The van der Waals surface area contributed by atoms with E-state index in [1.807, 2.05) is 0 Å². The lowest BCUT2D eigenvalue weighted by Gasteiger charge is -2.07. The maximum Gasteiger partial charge on any atom is 0.271 e. The number of hydrogen-bond acceptors (Lipinski definition) is 5. The molecule has 1 rings (SSSR count). The van der Waals surface area contributed by atoms with Gasteiger partial charge in [0.1, 0.15) is 5.69 Å². The van der Waals surface area contributed by atoms with Gasteiger partial charge in [-0.3, -0.25) is 9.59 Å². The molecule has 0 bridgehead atoms. The Morgan fingerprint density at radius 3 is 2.95 bits per heavy atom. The zero-order valence-electron chi connectivity index (χ0n) is 11.8. The summed E-state index contributed by atoms with van der Waals surface area (Å²) in [6, 6.07) is 3.35. The first-order chi connectivity index (χ1) is 10.2. The minimum Gasteiger partial charge on any atom is -0.383 e. The van der Waals surface area contributed by atoms with E-state index < -0.39 is 5.91 Å². The zero-order chi connectivity index (χ0) is 15.5. The normalized spacial score (nSPS) is 9.43. The van der Waals surface area contributed by atoms with Gasteiger partial charge >= 0.3 is 0 Å². The molecule has 0 spiro atoms. The van der Waals surface area contributed by atoms with Gasteiger partial charge in [-0.05, 0) is 12.1 Å². The van der Waals surface area contributed by atoms with Crippen LogP contribution in [0, 0.1) is 11.8 Å². The molecule has 2 amide bonds. The Balaban J connectivity index is 2.58. The van der Waals surface area contributed by atoms with E-state index in [0.717, 1.165) is 0 Å². The molecule has 7 nitrogen and oxygen atoms in total. The number of aromatic nitrogens is 1. The Hall–Kier alpha value is -2.43. The van der Waals surface area contributed by atoms with Gasteiger partial charge in [-0.1, -0.05) is 11.8 Å². The van der Waals surface area contributed by atoms with Crippen LogP contribution in [0.1, 0.15) is 16.1 Å². The lowest BCUT2D eigenvalue weighted by atomic mass is 10.2. The number of carbonyl (C=O) groups is 2. The van der Waals surface area contributed by atoms with E-state index in [2.05, 4.69) is 27.5 Å². The van der Waals surface area contributed by atoms with Gasteiger partial charge in [0.2, 0.25) is 5.91 Å². The fraction of sp³-hybridized carbons (Fsp3) is 0.357. The standard InChI is InChI=1S/C14H18N4O3/c1-21-9-8-16-12(19)10-18-14(20)13-11(4-2-6-15)5-3-7-17-13/h3,5,7H,6,8-10,15H2,1H3,(H,16,19)(H,18,20). The molecular formula is C14H18N4O3. The molecule has 7 heteroatoms. The monoisotopic (exact) mass is 290 g/mol. The van der Waals surface area contributed by atoms with Crippen molar-refractivity contribution in [2.24, 2.45) is 5.73 Å². The van der Waals surface area contributed by atoms with Gasteiger partial charge in [0, 0.05) is 19.9 Å². The maximum absolute atomic E-state index is 12.0. The minimum absolute atomic E-state index is 0.136. The van der Waals surface area contributed by atoms with E-state index in [1.165, 1.54) is 6.20 Å². The molecule has 0 aliphatic carbocycles. The molecule has 21 heavy (non-hydrogen) atoms. The molecule has 0 aromatic carbocycles. The number of pyridine rings is 1. The van der Waals surface area contributed by atoms with Crippen molar-refractivity contribution in [2.45, 2.75) is 0 Å². The number of hydrogen-bond donors (Lipinski definition) is 3. The minimum atomic E-state index is -0.459. The predicted octanol–water partition coefficient (Wildman–Crippen LogP) is -1.12. The number of methoxy groups -OCH3 is 1. The summed E-state index contributed by atoms with van der Waals surface area (Å²) in [5, 5.41) is 5.08. The Morgan fingerprint density at radius 1 is 1.43 bits per heavy atom. The van der Waals surface area contributed by atoms with Crippen LogP contribution in [0.5, 0.6) is 0 Å². The summed E-state index contributed by atoms with van der Waals surface area (Å²) in [7, 11) is 1.54. The summed E-state index contributed by atoms with van der Waals surface area (Å²) in [4.78, 5) is 27.4. The van der Waals surface area contributed by atoms with Gasteiger partial charge in [0.05, 0.1) is 25.3 Å². The zero-order valence-corrected chi connectivity index (χ0v) is 11.8. The van der Waals surface area contributed by atoms with Gasteiger partial charge in [0.15, 0.2) is 0 Å². The van der Waals surface area contributed by atoms with E-state index in [-0.39, 0.29) is 24.7 Å². The third-order valence-corrected chi connectivity index (χ3v) is 2.39. The molecule has 0 aliphatic rings. The van der Waals surface area contributed by atoms with E-state index >= 15 is 0 Å². The number of nitrogens with zero attached hydrogens (tertiary/aromatic N) is 1. The summed E-state index contributed by atoms with van der Waals surface area (Å²) >= 11 is 0. The van der Waals surface area contributed by atoms with Crippen molar-refractivity contribution < 1.29 is 14.3 Å². The van der Waals surface area contributed by atoms with Crippen molar-refractivity contribution in [1.82, 2.24) is 15.6 Å². The number of nitrogens with two attached hydrogens (primary N) is 1. The number of rotatable bonds is 6. The van der Waals surface area contributed by atoms with E-state index in [4.69, 9.17) is 10.5 Å². The fourth-order valence-corrected chi connectivity index (χ4v) is 1.43. The molecule has 0 aliphatic heterocycles. The molecule has 0 radical (unpaired) electrons. The van der Waals surface area contributed by atoms with Gasteiger partial charge in [0.25, 0.3) is 5.91 Å².